The van der Waals surface area contributed by atoms with Crippen LogP contribution in [0.4, 0.5) is 0 Å². The molecule has 0 aromatic heterocycles. The Labute approximate surface area is 130 Å². The molecule has 0 aliphatic carbocycles. The van der Waals surface area contributed by atoms with Crippen LogP contribution >= 0.6 is 0 Å². The minimum absolute atomic E-state index is 0.0123. The number of likely N-dealkylation sites (tertiary alicyclic amines) is 1. The summed E-state index contributed by atoms with van der Waals surface area (Å²) in [6.45, 7) is 3.42. The molecule has 1 fully saturated rings. The Bertz CT molecular complexity index is 528. The molecule has 1 aliphatic rings. The maximum atomic E-state index is 12.2. The number of ether oxygens (including phenoxy) is 1. The van der Waals surface area contributed by atoms with Gasteiger partial charge in [0, 0.05) is 24.7 Å². The minimum Gasteiger partial charge on any atom is -0.484 e. The highest BCUT2D eigenvalue weighted by Crippen LogP contribution is 2.19. The van der Waals surface area contributed by atoms with E-state index in [0.717, 1.165) is 19.4 Å². The molecule has 1 aliphatic heterocycles. The Morgan fingerprint density at radius 2 is 2.05 bits per heavy atom. The number of carbonyl (C=O) groups excluding carboxylic acids is 2. The van der Waals surface area contributed by atoms with Gasteiger partial charge in [-0.15, -0.1) is 0 Å². The molecule has 1 aromatic rings. The molecule has 0 bridgehead atoms. The molecule has 4 N–H and O–H groups in total. The molecule has 1 saturated heterocycles. The number of rotatable bonds is 5. The standard InChI is InChI=1S/C16H23N3O3/c1-11(17)13-3-2-8-19(9-13)15(20)10-22-14-6-4-12(5-7-14)16(18)21/h4-7,11,13H,2-3,8-10,17H2,1H3,(H2,18,21). The average molecular weight is 305 g/mol. The van der Waals surface area contributed by atoms with Gasteiger partial charge in [-0.05, 0) is 49.9 Å². The molecule has 0 radical (unpaired) electrons. The summed E-state index contributed by atoms with van der Waals surface area (Å²) in [6.07, 6.45) is 2.04. The first-order chi connectivity index (χ1) is 10.5. The smallest absolute Gasteiger partial charge is 0.260 e. The molecule has 1 aromatic carbocycles. The molecule has 2 rings (SSSR count). The van der Waals surface area contributed by atoms with Crippen LogP contribution in [0.2, 0.25) is 0 Å². The van der Waals surface area contributed by atoms with E-state index in [-0.39, 0.29) is 18.6 Å². The minimum atomic E-state index is -0.488. The molecule has 22 heavy (non-hydrogen) atoms. The molecule has 2 unspecified atom stereocenters. The van der Waals surface area contributed by atoms with E-state index in [4.69, 9.17) is 16.2 Å². The van der Waals surface area contributed by atoms with Crippen molar-refractivity contribution in [2.75, 3.05) is 19.7 Å². The van der Waals surface area contributed by atoms with Gasteiger partial charge in [0.05, 0.1) is 0 Å². The zero-order valence-corrected chi connectivity index (χ0v) is 12.8. The van der Waals surface area contributed by atoms with Gasteiger partial charge in [0.1, 0.15) is 5.75 Å². The van der Waals surface area contributed by atoms with E-state index in [2.05, 4.69) is 0 Å². The van der Waals surface area contributed by atoms with Crippen molar-refractivity contribution in [2.24, 2.45) is 17.4 Å². The molecule has 0 spiro atoms. The summed E-state index contributed by atoms with van der Waals surface area (Å²) in [6, 6.07) is 6.52. The highest BCUT2D eigenvalue weighted by molar-refractivity contribution is 5.92. The molecule has 6 heteroatoms. The fourth-order valence-corrected chi connectivity index (χ4v) is 2.62. The molecule has 1 heterocycles. The van der Waals surface area contributed by atoms with E-state index < -0.39 is 5.91 Å². The lowest BCUT2D eigenvalue weighted by atomic mass is 9.92. The summed E-state index contributed by atoms with van der Waals surface area (Å²) >= 11 is 0. The van der Waals surface area contributed by atoms with E-state index in [9.17, 15) is 9.59 Å². The number of benzene rings is 1. The van der Waals surface area contributed by atoms with Gasteiger partial charge < -0.3 is 21.1 Å². The molecule has 2 amide bonds. The van der Waals surface area contributed by atoms with Crippen LogP contribution in [0.3, 0.4) is 0 Å². The van der Waals surface area contributed by atoms with Crippen LogP contribution in [0.1, 0.15) is 30.1 Å². The van der Waals surface area contributed by atoms with Crippen LogP contribution < -0.4 is 16.2 Å². The van der Waals surface area contributed by atoms with Crippen molar-refractivity contribution < 1.29 is 14.3 Å². The predicted molar refractivity (Wildman–Crippen MR) is 83.4 cm³/mol. The van der Waals surface area contributed by atoms with Crippen LogP contribution in [0.15, 0.2) is 24.3 Å². The van der Waals surface area contributed by atoms with E-state index in [1.54, 1.807) is 24.3 Å². The number of hydrogen-bond acceptors (Lipinski definition) is 4. The molecule has 2 atom stereocenters. The molecule has 0 saturated carbocycles. The second kappa shape index (κ2) is 7.26. The van der Waals surface area contributed by atoms with Gasteiger partial charge in [-0.2, -0.15) is 0 Å². The van der Waals surface area contributed by atoms with Gasteiger partial charge in [0.15, 0.2) is 6.61 Å². The zero-order valence-electron chi connectivity index (χ0n) is 12.8. The van der Waals surface area contributed by atoms with Crippen molar-refractivity contribution in [1.82, 2.24) is 4.90 Å². The van der Waals surface area contributed by atoms with Gasteiger partial charge in [-0.1, -0.05) is 0 Å². The Kier molecular flexibility index (Phi) is 5.38. The first-order valence-electron chi connectivity index (χ1n) is 7.53. The second-order valence-corrected chi connectivity index (χ2v) is 5.78. The van der Waals surface area contributed by atoms with Crippen molar-refractivity contribution in [3.05, 3.63) is 29.8 Å². The van der Waals surface area contributed by atoms with Crippen molar-refractivity contribution in [1.29, 1.82) is 0 Å². The normalized spacial score (nSPS) is 19.5. The number of primary amides is 1. The van der Waals surface area contributed by atoms with Gasteiger partial charge in [0.25, 0.3) is 5.91 Å². The zero-order chi connectivity index (χ0) is 16.1. The Morgan fingerprint density at radius 1 is 1.36 bits per heavy atom. The van der Waals surface area contributed by atoms with Gasteiger partial charge in [-0.25, -0.2) is 0 Å². The molecular formula is C16H23N3O3. The lowest BCUT2D eigenvalue weighted by Gasteiger charge is -2.34. The quantitative estimate of drug-likeness (QED) is 0.838. The van der Waals surface area contributed by atoms with E-state index in [1.165, 1.54) is 0 Å². The third-order valence-electron chi connectivity index (χ3n) is 4.06. The lowest BCUT2D eigenvalue weighted by molar-refractivity contribution is -0.135. The number of piperidine rings is 1. The summed E-state index contributed by atoms with van der Waals surface area (Å²) in [5.74, 6) is 0.369. The summed E-state index contributed by atoms with van der Waals surface area (Å²) in [5, 5.41) is 0. The fourth-order valence-electron chi connectivity index (χ4n) is 2.62. The molecule has 120 valence electrons. The van der Waals surface area contributed by atoms with Crippen LogP contribution in [-0.2, 0) is 4.79 Å². The van der Waals surface area contributed by atoms with E-state index >= 15 is 0 Å². The fraction of sp³-hybridized carbons (Fsp3) is 0.500. The van der Waals surface area contributed by atoms with Crippen molar-refractivity contribution in [3.8, 4) is 5.75 Å². The number of nitrogens with zero attached hydrogens (tertiary/aromatic N) is 1. The summed E-state index contributed by atoms with van der Waals surface area (Å²) in [4.78, 5) is 25.0. The third kappa shape index (κ3) is 4.21. The third-order valence-corrected chi connectivity index (χ3v) is 4.06. The largest absolute Gasteiger partial charge is 0.484 e. The number of nitrogens with two attached hydrogens (primary N) is 2. The average Bonchev–Trinajstić information content (AvgIpc) is 2.53. The Balaban J connectivity index is 1.85. The molecular weight excluding hydrogens is 282 g/mol. The predicted octanol–water partition coefficient (Wildman–Crippen LogP) is 0.750. The molecule has 6 nitrogen and oxygen atoms in total. The maximum absolute atomic E-state index is 12.2. The van der Waals surface area contributed by atoms with Gasteiger partial charge in [0.2, 0.25) is 5.91 Å². The monoisotopic (exact) mass is 305 g/mol. The van der Waals surface area contributed by atoms with Crippen molar-refractivity contribution in [3.63, 3.8) is 0 Å². The van der Waals surface area contributed by atoms with E-state index in [1.807, 2.05) is 11.8 Å². The van der Waals surface area contributed by atoms with Crippen molar-refractivity contribution in [2.45, 2.75) is 25.8 Å². The van der Waals surface area contributed by atoms with Crippen LogP contribution in [-0.4, -0.2) is 42.5 Å². The van der Waals surface area contributed by atoms with Crippen LogP contribution in [0, 0.1) is 5.92 Å². The second-order valence-electron chi connectivity index (χ2n) is 5.78. The first-order valence-corrected chi connectivity index (χ1v) is 7.53. The highest BCUT2D eigenvalue weighted by atomic mass is 16.5. The van der Waals surface area contributed by atoms with Crippen molar-refractivity contribution >= 4 is 11.8 Å². The highest BCUT2D eigenvalue weighted by Gasteiger charge is 2.25. The number of amides is 2. The number of hydrogen-bond donors (Lipinski definition) is 2. The van der Waals surface area contributed by atoms with E-state index in [0.29, 0.717) is 23.8 Å². The summed E-state index contributed by atoms with van der Waals surface area (Å²) in [7, 11) is 0. The number of carbonyl (C=O) groups is 2. The summed E-state index contributed by atoms with van der Waals surface area (Å²) in [5.41, 5.74) is 11.5. The Morgan fingerprint density at radius 3 is 2.64 bits per heavy atom. The van der Waals surface area contributed by atoms with Crippen LogP contribution in [0.25, 0.3) is 0 Å². The van der Waals surface area contributed by atoms with Gasteiger partial charge in [-0.3, -0.25) is 9.59 Å². The lowest BCUT2D eigenvalue weighted by Crippen LogP contribution is -2.46. The SMILES string of the molecule is CC(N)C1CCCN(C(=O)COc2ccc(C(N)=O)cc2)C1. The Hall–Kier alpha value is -2.08. The first kappa shape index (κ1) is 16.3. The summed E-state index contributed by atoms with van der Waals surface area (Å²) < 4.78 is 5.48. The maximum Gasteiger partial charge on any atom is 0.260 e. The van der Waals surface area contributed by atoms with Gasteiger partial charge >= 0.3 is 0 Å². The van der Waals surface area contributed by atoms with Crippen LogP contribution in [0.5, 0.6) is 5.75 Å². The topological polar surface area (TPSA) is 98.7 Å².